The second kappa shape index (κ2) is 7.18. The summed E-state index contributed by atoms with van der Waals surface area (Å²) in [4.78, 5) is 18.1. The lowest BCUT2D eigenvalue weighted by molar-refractivity contribution is 0.0945. The third kappa shape index (κ3) is 3.31. The number of likely N-dealkylation sites (N-methyl/N-ethyl adjacent to an activating group) is 1. The first-order valence-electron chi connectivity index (χ1n) is 9.24. The lowest BCUT2D eigenvalue weighted by Crippen LogP contribution is -2.39. The van der Waals surface area contributed by atoms with E-state index in [0.29, 0.717) is 6.04 Å². The Morgan fingerprint density at radius 2 is 2.12 bits per heavy atom. The number of carbonyl (C=O) groups excluding carboxylic acids is 1. The molecule has 1 amide bonds. The van der Waals surface area contributed by atoms with Gasteiger partial charge in [0.15, 0.2) is 0 Å². The molecule has 0 aliphatic carbocycles. The van der Waals surface area contributed by atoms with Crippen molar-refractivity contribution >= 4 is 27.9 Å². The molecule has 1 atom stereocenters. The summed E-state index contributed by atoms with van der Waals surface area (Å²) in [5.41, 5.74) is 2.67. The number of anilines is 2. The first kappa shape index (κ1) is 16.6. The highest BCUT2D eigenvalue weighted by Gasteiger charge is 2.25. The zero-order valence-electron chi connectivity index (χ0n) is 14.7. The molecule has 3 heterocycles. The molecule has 4 nitrogen and oxygen atoms in total. The molecule has 4 rings (SSSR count). The number of thiophene rings is 1. The van der Waals surface area contributed by atoms with Gasteiger partial charge >= 0.3 is 0 Å². The molecular formula is C20H25N3OS. The van der Waals surface area contributed by atoms with E-state index in [9.17, 15) is 4.79 Å². The number of fused-ring (bicyclic) bond motifs is 1. The summed E-state index contributed by atoms with van der Waals surface area (Å²) in [6.07, 6.45) is 3.50. The average Bonchev–Trinajstić information content (AvgIpc) is 3.37. The van der Waals surface area contributed by atoms with Crippen LogP contribution in [0, 0.1) is 0 Å². The molecule has 0 saturated carbocycles. The Morgan fingerprint density at radius 3 is 3.00 bits per heavy atom. The second-order valence-corrected chi connectivity index (χ2v) is 7.87. The molecule has 0 spiro atoms. The number of hydrogen-bond acceptors (Lipinski definition) is 4. The maximum atomic E-state index is 12.5. The summed E-state index contributed by atoms with van der Waals surface area (Å²) in [5, 5.41) is 4.30. The number of nitrogens with zero attached hydrogens (tertiary/aromatic N) is 2. The molecule has 0 bridgehead atoms. The smallest absolute Gasteiger partial charge is 0.261 e. The van der Waals surface area contributed by atoms with Crippen molar-refractivity contribution in [1.29, 1.82) is 0 Å². The lowest BCUT2D eigenvalue weighted by atomic mass is 10.2. The number of amides is 1. The predicted molar refractivity (Wildman–Crippen MR) is 104 cm³/mol. The van der Waals surface area contributed by atoms with Crippen LogP contribution in [0.25, 0.3) is 0 Å². The molecular weight excluding hydrogens is 330 g/mol. The minimum Gasteiger partial charge on any atom is -0.350 e. The largest absolute Gasteiger partial charge is 0.350 e. The van der Waals surface area contributed by atoms with Crippen LogP contribution < -0.4 is 10.2 Å². The monoisotopic (exact) mass is 355 g/mol. The highest BCUT2D eigenvalue weighted by molar-refractivity contribution is 7.18. The van der Waals surface area contributed by atoms with Gasteiger partial charge in [-0.3, -0.25) is 9.69 Å². The van der Waals surface area contributed by atoms with Crippen molar-refractivity contribution in [2.45, 2.75) is 32.2 Å². The molecule has 0 radical (unpaired) electrons. The highest BCUT2D eigenvalue weighted by atomic mass is 32.1. The molecule has 132 valence electrons. The number of likely N-dealkylation sites (tertiary alicyclic amines) is 1. The molecule has 25 heavy (non-hydrogen) atoms. The van der Waals surface area contributed by atoms with Gasteiger partial charge < -0.3 is 10.2 Å². The van der Waals surface area contributed by atoms with Gasteiger partial charge in [-0.2, -0.15) is 0 Å². The molecule has 2 aliphatic rings. The summed E-state index contributed by atoms with van der Waals surface area (Å²) in [5.74, 6) is 0.0617. The normalized spacial score (nSPS) is 20.0. The van der Waals surface area contributed by atoms with Crippen LogP contribution in [0.2, 0.25) is 0 Å². The van der Waals surface area contributed by atoms with E-state index in [4.69, 9.17) is 0 Å². The lowest BCUT2D eigenvalue weighted by Gasteiger charge is -2.22. The molecule has 2 aromatic rings. The third-order valence-corrected chi connectivity index (χ3v) is 6.48. The Bertz CT molecular complexity index is 757. The Kier molecular flexibility index (Phi) is 4.77. The average molecular weight is 356 g/mol. The molecule has 1 N–H and O–H groups in total. The van der Waals surface area contributed by atoms with Crippen LogP contribution in [0.4, 0.5) is 10.7 Å². The fraction of sp³-hybridized carbons (Fsp3) is 0.450. The van der Waals surface area contributed by atoms with Crippen LogP contribution in [-0.2, 0) is 6.42 Å². The van der Waals surface area contributed by atoms with Gasteiger partial charge in [-0.25, -0.2) is 0 Å². The van der Waals surface area contributed by atoms with Gasteiger partial charge in [-0.1, -0.05) is 25.1 Å². The summed E-state index contributed by atoms with van der Waals surface area (Å²) in [6, 6.07) is 13.1. The topological polar surface area (TPSA) is 35.6 Å². The second-order valence-electron chi connectivity index (χ2n) is 6.80. The molecule has 1 fully saturated rings. The van der Waals surface area contributed by atoms with Gasteiger partial charge in [0.25, 0.3) is 5.91 Å². The molecule has 5 heteroatoms. The minimum absolute atomic E-state index is 0.0617. The zero-order chi connectivity index (χ0) is 17.2. The van der Waals surface area contributed by atoms with E-state index < -0.39 is 0 Å². The first-order valence-corrected chi connectivity index (χ1v) is 10.1. The van der Waals surface area contributed by atoms with E-state index in [1.165, 1.54) is 24.1 Å². The predicted octanol–water partition coefficient (Wildman–Crippen LogP) is 3.66. The molecule has 1 unspecified atom stereocenters. The van der Waals surface area contributed by atoms with Gasteiger partial charge in [0.2, 0.25) is 0 Å². The number of para-hydroxylation sites is 1. The van der Waals surface area contributed by atoms with Crippen LogP contribution in [-0.4, -0.2) is 43.0 Å². The van der Waals surface area contributed by atoms with Crippen LogP contribution >= 0.6 is 11.3 Å². The van der Waals surface area contributed by atoms with Crippen molar-refractivity contribution in [1.82, 2.24) is 10.2 Å². The minimum atomic E-state index is 0.0617. The summed E-state index contributed by atoms with van der Waals surface area (Å²) >= 11 is 1.59. The molecule has 2 aliphatic heterocycles. The van der Waals surface area contributed by atoms with Gasteiger partial charge in [-0.15, -0.1) is 11.3 Å². The number of hydrogen-bond donors (Lipinski definition) is 1. The maximum absolute atomic E-state index is 12.5. The van der Waals surface area contributed by atoms with Gasteiger partial charge in [0.1, 0.15) is 0 Å². The molecule has 1 aromatic heterocycles. The fourth-order valence-corrected chi connectivity index (χ4v) is 4.96. The van der Waals surface area contributed by atoms with Crippen molar-refractivity contribution in [3.8, 4) is 0 Å². The van der Waals surface area contributed by atoms with Crippen LogP contribution in [0.3, 0.4) is 0 Å². The first-order chi connectivity index (χ1) is 12.3. The maximum Gasteiger partial charge on any atom is 0.261 e. The Labute approximate surface area is 153 Å². The summed E-state index contributed by atoms with van der Waals surface area (Å²) in [6.45, 7) is 6.17. The number of benzene rings is 1. The zero-order valence-corrected chi connectivity index (χ0v) is 15.5. The van der Waals surface area contributed by atoms with Crippen molar-refractivity contribution in [2.24, 2.45) is 0 Å². The molecule has 1 aromatic carbocycles. The van der Waals surface area contributed by atoms with E-state index in [-0.39, 0.29) is 5.91 Å². The van der Waals surface area contributed by atoms with Crippen LogP contribution in [0.5, 0.6) is 0 Å². The van der Waals surface area contributed by atoms with Crippen molar-refractivity contribution < 1.29 is 4.79 Å². The van der Waals surface area contributed by atoms with Gasteiger partial charge in [0.05, 0.1) is 9.88 Å². The van der Waals surface area contributed by atoms with Gasteiger partial charge in [0, 0.05) is 24.8 Å². The number of rotatable bonds is 5. The summed E-state index contributed by atoms with van der Waals surface area (Å²) < 4.78 is 0. The highest BCUT2D eigenvalue weighted by Crippen LogP contribution is 2.38. The van der Waals surface area contributed by atoms with Crippen molar-refractivity contribution in [2.75, 3.05) is 31.1 Å². The Morgan fingerprint density at radius 1 is 1.24 bits per heavy atom. The van der Waals surface area contributed by atoms with E-state index in [2.05, 4.69) is 52.4 Å². The third-order valence-electron chi connectivity index (χ3n) is 5.37. The quantitative estimate of drug-likeness (QED) is 0.889. The van der Waals surface area contributed by atoms with E-state index in [1.807, 2.05) is 6.07 Å². The Hall–Kier alpha value is -1.85. The standard InChI is InChI=1S/C20H25N3OS/c1-2-22-12-5-7-16(22)14-21-20(24)18-9-10-19(25-18)23-13-11-15-6-3-4-8-17(15)23/h3-4,6,8-10,16H,2,5,7,11-14H2,1H3,(H,21,24). The Balaban J connectivity index is 1.41. The number of nitrogens with one attached hydrogen (secondary N) is 1. The fourth-order valence-electron chi connectivity index (χ4n) is 4.00. The van der Waals surface area contributed by atoms with Gasteiger partial charge in [-0.05, 0) is 56.1 Å². The van der Waals surface area contributed by atoms with E-state index in [1.54, 1.807) is 11.3 Å². The van der Waals surface area contributed by atoms with Crippen molar-refractivity contribution in [3.63, 3.8) is 0 Å². The van der Waals surface area contributed by atoms with Crippen molar-refractivity contribution in [3.05, 3.63) is 46.8 Å². The van der Waals surface area contributed by atoms with E-state index in [0.717, 1.165) is 42.5 Å². The van der Waals surface area contributed by atoms with E-state index >= 15 is 0 Å². The summed E-state index contributed by atoms with van der Waals surface area (Å²) in [7, 11) is 0. The van der Waals surface area contributed by atoms with Crippen LogP contribution in [0.1, 0.15) is 35.0 Å². The SMILES string of the molecule is CCN1CCCC1CNC(=O)c1ccc(N2CCc3ccccc32)s1. The molecule has 1 saturated heterocycles. The number of carbonyl (C=O) groups is 1. The van der Waals surface area contributed by atoms with Crippen LogP contribution in [0.15, 0.2) is 36.4 Å².